The topological polar surface area (TPSA) is 93.1 Å². The highest BCUT2D eigenvalue weighted by atomic mass is 16.4. The number of rotatable bonds is 2. The molecule has 27 heavy (non-hydrogen) atoms. The Morgan fingerprint density at radius 2 is 1.89 bits per heavy atom. The Kier molecular flexibility index (Phi) is 3.68. The predicted molar refractivity (Wildman–Crippen MR) is 107 cm³/mol. The van der Waals surface area contributed by atoms with Crippen LogP contribution in [0.15, 0.2) is 47.0 Å². The first-order chi connectivity index (χ1) is 13.2. The lowest BCUT2D eigenvalue weighted by atomic mass is 10.0. The number of benzene rings is 2. The number of aromatic nitrogens is 3. The van der Waals surface area contributed by atoms with E-state index >= 15 is 0 Å². The molecule has 7 nitrogen and oxygen atoms in total. The summed E-state index contributed by atoms with van der Waals surface area (Å²) < 4.78 is 5.45. The van der Waals surface area contributed by atoms with Crippen molar-refractivity contribution in [3.05, 3.63) is 42.6 Å². The molecule has 1 saturated heterocycles. The summed E-state index contributed by atoms with van der Waals surface area (Å²) in [6.45, 7) is 5.02. The maximum Gasteiger partial charge on any atom is 0.292 e. The van der Waals surface area contributed by atoms with E-state index in [0.717, 1.165) is 53.1 Å². The fourth-order valence-electron chi connectivity index (χ4n) is 3.60. The lowest BCUT2D eigenvalue weighted by Gasteiger charge is -2.32. The fraction of sp³-hybridized carbons (Fsp3) is 0.250. The van der Waals surface area contributed by atoms with Gasteiger partial charge in [-0.1, -0.05) is 12.1 Å². The third-order valence-electron chi connectivity index (χ3n) is 4.96. The molecule has 0 amide bonds. The second kappa shape index (κ2) is 6.21. The van der Waals surface area contributed by atoms with Crippen molar-refractivity contribution in [3.8, 4) is 11.1 Å². The number of oxazole rings is 1. The first-order valence-electron chi connectivity index (χ1n) is 9.07. The van der Waals surface area contributed by atoms with E-state index in [2.05, 4.69) is 33.2 Å². The van der Waals surface area contributed by atoms with E-state index in [9.17, 15) is 0 Å². The first kappa shape index (κ1) is 16.0. The van der Waals surface area contributed by atoms with E-state index < -0.39 is 0 Å². The molecule has 7 heteroatoms. The van der Waals surface area contributed by atoms with Gasteiger partial charge in [0.05, 0.1) is 17.2 Å². The summed E-state index contributed by atoms with van der Waals surface area (Å²) in [5.41, 5.74) is 10.9. The Labute approximate surface area is 156 Å². The standard InChI is InChI=1S/C20H20N6O/c1-12-11-26(7-6-22-12)19-10-23-15-4-2-13(8-17(15)24-19)14-3-5-16-18(9-14)27-20(21)25-16/h2-5,8-10,12,22H,6-7,11H2,1H3,(H2,21,25). The van der Waals surface area contributed by atoms with Crippen molar-refractivity contribution in [1.29, 1.82) is 0 Å². The van der Waals surface area contributed by atoms with Crippen molar-refractivity contribution in [2.24, 2.45) is 0 Å². The molecular weight excluding hydrogens is 340 g/mol. The minimum absolute atomic E-state index is 0.182. The summed E-state index contributed by atoms with van der Waals surface area (Å²) in [7, 11) is 0. The number of nitrogens with zero attached hydrogens (tertiary/aromatic N) is 4. The third-order valence-corrected chi connectivity index (χ3v) is 4.96. The highest BCUT2D eigenvalue weighted by Crippen LogP contribution is 2.28. The second-order valence-corrected chi connectivity index (χ2v) is 6.97. The largest absolute Gasteiger partial charge is 0.424 e. The monoisotopic (exact) mass is 360 g/mol. The molecule has 1 aliphatic heterocycles. The molecule has 0 aliphatic carbocycles. The van der Waals surface area contributed by atoms with Gasteiger partial charge in [-0.2, -0.15) is 4.98 Å². The molecule has 3 heterocycles. The van der Waals surface area contributed by atoms with E-state index in [1.165, 1.54) is 0 Å². The third kappa shape index (κ3) is 2.96. The molecule has 1 aliphatic rings. The number of anilines is 2. The zero-order valence-electron chi connectivity index (χ0n) is 15.0. The van der Waals surface area contributed by atoms with Gasteiger partial charge in [0.25, 0.3) is 6.01 Å². The number of fused-ring (bicyclic) bond motifs is 2. The smallest absolute Gasteiger partial charge is 0.292 e. The van der Waals surface area contributed by atoms with Gasteiger partial charge in [-0.15, -0.1) is 0 Å². The molecular formula is C20H20N6O. The molecule has 5 rings (SSSR count). The minimum Gasteiger partial charge on any atom is -0.424 e. The molecule has 0 radical (unpaired) electrons. The quantitative estimate of drug-likeness (QED) is 0.568. The van der Waals surface area contributed by atoms with Crippen LogP contribution >= 0.6 is 0 Å². The molecule has 1 unspecified atom stereocenters. The molecule has 3 N–H and O–H groups in total. The molecule has 2 aromatic heterocycles. The van der Waals surface area contributed by atoms with Crippen LogP contribution in [0, 0.1) is 0 Å². The van der Waals surface area contributed by atoms with E-state index in [0.29, 0.717) is 11.6 Å². The van der Waals surface area contributed by atoms with Crippen LogP contribution in [0.1, 0.15) is 6.92 Å². The normalized spacial score (nSPS) is 17.7. The minimum atomic E-state index is 0.182. The summed E-state index contributed by atoms with van der Waals surface area (Å²) in [5.74, 6) is 0.923. The predicted octanol–water partition coefficient (Wildman–Crippen LogP) is 2.82. The molecule has 1 atom stereocenters. The van der Waals surface area contributed by atoms with E-state index in [4.69, 9.17) is 15.1 Å². The number of nitrogen functional groups attached to an aromatic ring is 1. The van der Waals surface area contributed by atoms with Crippen LogP contribution in [0.5, 0.6) is 0 Å². The van der Waals surface area contributed by atoms with Gasteiger partial charge < -0.3 is 20.4 Å². The number of nitrogens with one attached hydrogen (secondary N) is 1. The van der Waals surface area contributed by atoms with Crippen molar-refractivity contribution >= 4 is 34.0 Å². The van der Waals surface area contributed by atoms with Crippen LogP contribution in [0.25, 0.3) is 33.3 Å². The highest BCUT2D eigenvalue weighted by Gasteiger charge is 2.17. The van der Waals surface area contributed by atoms with E-state index in [-0.39, 0.29) is 6.01 Å². The van der Waals surface area contributed by atoms with Gasteiger partial charge in [0.15, 0.2) is 5.58 Å². The average molecular weight is 360 g/mol. The van der Waals surface area contributed by atoms with Crippen LogP contribution in [0.2, 0.25) is 0 Å². The van der Waals surface area contributed by atoms with Gasteiger partial charge >= 0.3 is 0 Å². The van der Waals surface area contributed by atoms with Gasteiger partial charge in [-0.05, 0) is 42.3 Å². The maximum atomic E-state index is 5.65. The maximum absolute atomic E-state index is 5.65. The summed E-state index contributed by atoms with van der Waals surface area (Å²) in [6.07, 6.45) is 1.86. The Morgan fingerprint density at radius 1 is 1.07 bits per heavy atom. The summed E-state index contributed by atoms with van der Waals surface area (Å²) in [6, 6.07) is 12.6. The van der Waals surface area contributed by atoms with Crippen molar-refractivity contribution in [1.82, 2.24) is 20.3 Å². The van der Waals surface area contributed by atoms with Gasteiger partial charge in [-0.25, -0.2) is 4.98 Å². The number of nitrogens with two attached hydrogens (primary N) is 1. The molecule has 1 fully saturated rings. The molecule has 136 valence electrons. The van der Waals surface area contributed by atoms with Crippen LogP contribution < -0.4 is 16.0 Å². The van der Waals surface area contributed by atoms with Crippen molar-refractivity contribution in [3.63, 3.8) is 0 Å². The Hall–Kier alpha value is -3.19. The molecule has 4 aromatic rings. The molecule has 0 bridgehead atoms. The van der Waals surface area contributed by atoms with Gasteiger partial charge in [0.1, 0.15) is 11.3 Å². The van der Waals surface area contributed by atoms with Crippen molar-refractivity contribution in [2.45, 2.75) is 13.0 Å². The van der Waals surface area contributed by atoms with Crippen molar-refractivity contribution < 1.29 is 4.42 Å². The SMILES string of the molecule is CC1CN(c2cnc3ccc(-c4ccc5nc(N)oc5c4)cc3n2)CCN1. The van der Waals surface area contributed by atoms with Crippen molar-refractivity contribution in [2.75, 3.05) is 30.3 Å². The summed E-state index contributed by atoms with van der Waals surface area (Å²) in [5, 5.41) is 3.45. The Bertz CT molecular complexity index is 1140. The fourth-order valence-corrected chi connectivity index (χ4v) is 3.60. The first-order valence-corrected chi connectivity index (χ1v) is 9.07. The van der Waals surface area contributed by atoms with Crippen LogP contribution in [-0.4, -0.2) is 40.6 Å². The highest BCUT2D eigenvalue weighted by molar-refractivity contribution is 5.86. The summed E-state index contributed by atoms with van der Waals surface area (Å²) in [4.78, 5) is 15.9. The van der Waals surface area contributed by atoms with Gasteiger partial charge in [-0.3, -0.25) is 4.98 Å². The van der Waals surface area contributed by atoms with Crippen LogP contribution in [0.3, 0.4) is 0 Å². The lowest BCUT2D eigenvalue weighted by Crippen LogP contribution is -2.49. The van der Waals surface area contributed by atoms with Crippen LogP contribution in [-0.2, 0) is 0 Å². The van der Waals surface area contributed by atoms with Gasteiger partial charge in [0.2, 0.25) is 0 Å². The Balaban J connectivity index is 1.54. The second-order valence-electron chi connectivity index (χ2n) is 6.97. The van der Waals surface area contributed by atoms with E-state index in [1.54, 1.807) is 0 Å². The zero-order valence-corrected chi connectivity index (χ0v) is 15.0. The number of hydrogen-bond donors (Lipinski definition) is 2. The Morgan fingerprint density at radius 3 is 2.74 bits per heavy atom. The lowest BCUT2D eigenvalue weighted by molar-refractivity contribution is 0.482. The number of hydrogen-bond acceptors (Lipinski definition) is 7. The van der Waals surface area contributed by atoms with Crippen LogP contribution in [0.4, 0.5) is 11.8 Å². The molecule has 0 spiro atoms. The average Bonchev–Trinajstić information content (AvgIpc) is 3.06. The molecule has 0 saturated carbocycles. The van der Waals surface area contributed by atoms with E-state index in [1.807, 2.05) is 36.5 Å². The number of piperazine rings is 1. The van der Waals surface area contributed by atoms with Gasteiger partial charge in [0, 0.05) is 25.7 Å². The molecule has 2 aromatic carbocycles. The summed E-state index contributed by atoms with van der Waals surface area (Å²) >= 11 is 0. The zero-order chi connectivity index (χ0) is 18.4.